The summed E-state index contributed by atoms with van der Waals surface area (Å²) in [6.07, 6.45) is 2.42. The first kappa shape index (κ1) is 23.8. The number of ether oxygens (including phenoxy) is 2. The molecule has 1 atom stereocenters. The fourth-order valence-corrected chi connectivity index (χ4v) is 3.93. The van der Waals surface area contributed by atoms with Gasteiger partial charge in [-0.1, -0.05) is 25.1 Å². The van der Waals surface area contributed by atoms with Crippen LogP contribution in [-0.2, 0) is 6.42 Å². The molecule has 3 aromatic carbocycles. The topological polar surface area (TPSA) is 109 Å². The molecular weight excluding hydrogens is 445 g/mol. The Kier molecular flexibility index (Phi) is 7.01. The fourth-order valence-electron chi connectivity index (χ4n) is 3.93. The van der Waals surface area contributed by atoms with Crippen molar-refractivity contribution in [2.24, 2.45) is 5.73 Å². The number of benzene rings is 3. The molecular formula is C27H28FN5O2. The zero-order valence-electron chi connectivity index (χ0n) is 19.9. The van der Waals surface area contributed by atoms with E-state index in [0.717, 1.165) is 22.5 Å². The lowest BCUT2D eigenvalue weighted by atomic mass is 10.00. The number of methoxy groups -OCH3 is 2. The van der Waals surface area contributed by atoms with Gasteiger partial charge in [0.25, 0.3) is 0 Å². The van der Waals surface area contributed by atoms with Crippen LogP contribution < -0.4 is 20.5 Å². The molecule has 0 spiro atoms. The average Bonchev–Trinajstić information content (AvgIpc) is 3.37. The Morgan fingerprint density at radius 2 is 1.80 bits per heavy atom. The van der Waals surface area contributed by atoms with Crippen molar-refractivity contribution in [3.63, 3.8) is 0 Å². The molecule has 4 aromatic rings. The summed E-state index contributed by atoms with van der Waals surface area (Å²) in [5, 5.41) is 11.0. The Hall–Kier alpha value is -4.33. The highest BCUT2D eigenvalue weighted by atomic mass is 19.1. The summed E-state index contributed by atoms with van der Waals surface area (Å²) < 4.78 is 26.4. The van der Waals surface area contributed by atoms with E-state index in [2.05, 4.69) is 15.3 Å². The third-order valence-corrected chi connectivity index (χ3v) is 5.84. The largest absolute Gasteiger partial charge is 0.496 e. The van der Waals surface area contributed by atoms with Gasteiger partial charge in [-0.3, -0.25) is 5.41 Å². The van der Waals surface area contributed by atoms with Crippen LogP contribution in [0.25, 0.3) is 11.3 Å². The van der Waals surface area contributed by atoms with Crippen LogP contribution in [0.4, 0.5) is 10.1 Å². The normalized spacial score (nSPS) is 11.7. The molecule has 4 rings (SSSR count). The maximum atomic E-state index is 15.6. The lowest BCUT2D eigenvalue weighted by Crippen LogP contribution is -2.17. The predicted octanol–water partition coefficient (Wildman–Crippen LogP) is 5.28. The molecule has 1 aromatic heterocycles. The molecule has 1 heterocycles. The monoisotopic (exact) mass is 473 g/mol. The van der Waals surface area contributed by atoms with Crippen LogP contribution in [-0.4, -0.2) is 30.0 Å². The van der Waals surface area contributed by atoms with Gasteiger partial charge in [-0.2, -0.15) is 0 Å². The zero-order chi connectivity index (χ0) is 24.9. The van der Waals surface area contributed by atoms with E-state index >= 15 is 4.39 Å². The first-order valence-electron chi connectivity index (χ1n) is 11.2. The van der Waals surface area contributed by atoms with Gasteiger partial charge in [0.05, 0.1) is 26.1 Å². The summed E-state index contributed by atoms with van der Waals surface area (Å²) >= 11 is 0. The van der Waals surface area contributed by atoms with Gasteiger partial charge in [-0.25, -0.2) is 9.37 Å². The minimum Gasteiger partial charge on any atom is -0.496 e. The molecule has 0 aliphatic heterocycles. The second kappa shape index (κ2) is 10.3. The second-order valence-electron chi connectivity index (χ2n) is 8.01. The number of H-pyrrole nitrogens is 1. The summed E-state index contributed by atoms with van der Waals surface area (Å²) in [7, 11) is 3.07. The first-order chi connectivity index (χ1) is 16.9. The molecule has 0 bridgehead atoms. The Balaban J connectivity index is 1.81. The van der Waals surface area contributed by atoms with Gasteiger partial charge < -0.3 is 25.5 Å². The van der Waals surface area contributed by atoms with E-state index in [9.17, 15) is 0 Å². The summed E-state index contributed by atoms with van der Waals surface area (Å²) in [6, 6.07) is 17.6. The van der Waals surface area contributed by atoms with Crippen molar-refractivity contribution in [3.05, 3.63) is 95.2 Å². The van der Waals surface area contributed by atoms with E-state index < -0.39 is 11.9 Å². The molecule has 0 aliphatic carbocycles. The number of rotatable bonds is 9. The van der Waals surface area contributed by atoms with Gasteiger partial charge in [-0.15, -0.1) is 0 Å². The van der Waals surface area contributed by atoms with Gasteiger partial charge in [0.15, 0.2) is 11.6 Å². The summed E-state index contributed by atoms with van der Waals surface area (Å²) in [4.78, 5) is 7.94. The predicted molar refractivity (Wildman–Crippen MR) is 136 cm³/mol. The number of aryl methyl sites for hydroxylation is 1. The van der Waals surface area contributed by atoms with Crippen molar-refractivity contribution in [2.45, 2.75) is 19.4 Å². The number of amidine groups is 1. The average molecular weight is 474 g/mol. The number of nitrogens with one attached hydrogen (secondary N) is 3. The number of hydrogen-bond donors (Lipinski definition) is 4. The van der Waals surface area contributed by atoms with Crippen LogP contribution in [0, 0.1) is 11.2 Å². The third kappa shape index (κ3) is 4.96. The van der Waals surface area contributed by atoms with E-state index in [0.29, 0.717) is 29.1 Å². The molecule has 0 saturated heterocycles. The highest BCUT2D eigenvalue weighted by molar-refractivity contribution is 5.95. The number of imidazole rings is 1. The smallest absolute Gasteiger partial charge is 0.170 e. The molecule has 0 fully saturated rings. The van der Waals surface area contributed by atoms with Crippen molar-refractivity contribution in [3.8, 4) is 22.8 Å². The number of hydrogen-bond acceptors (Lipinski definition) is 5. The fraction of sp³-hybridized carbons (Fsp3) is 0.185. The molecule has 0 radical (unpaired) electrons. The Labute approximate surface area is 203 Å². The number of nitrogen functional groups attached to an aromatic ring is 1. The Bertz CT molecular complexity index is 1330. The van der Waals surface area contributed by atoms with E-state index in [1.807, 2.05) is 37.3 Å². The van der Waals surface area contributed by atoms with Gasteiger partial charge in [0, 0.05) is 22.4 Å². The minimum absolute atomic E-state index is 0.0213. The number of nitrogens with zero attached hydrogens (tertiary/aromatic N) is 1. The number of aromatic nitrogens is 2. The van der Waals surface area contributed by atoms with Crippen molar-refractivity contribution in [1.82, 2.24) is 9.97 Å². The highest BCUT2D eigenvalue weighted by Crippen LogP contribution is 2.35. The van der Waals surface area contributed by atoms with Gasteiger partial charge in [0.1, 0.15) is 23.5 Å². The number of halogens is 1. The Morgan fingerprint density at radius 1 is 1.09 bits per heavy atom. The van der Waals surface area contributed by atoms with Crippen LogP contribution in [0.3, 0.4) is 0 Å². The number of aromatic amines is 1. The zero-order valence-corrected chi connectivity index (χ0v) is 19.9. The van der Waals surface area contributed by atoms with E-state index in [1.54, 1.807) is 43.6 Å². The minimum atomic E-state index is -0.651. The van der Waals surface area contributed by atoms with Crippen LogP contribution in [0.5, 0.6) is 11.5 Å². The number of para-hydroxylation sites is 1. The second-order valence-corrected chi connectivity index (χ2v) is 8.01. The van der Waals surface area contributed by atoms with Gasteiger partial charge >= 0.3 is 0 Å². The SMILES string of the molecule is CCc1cc(OC)c(F)c(C(Nc2ccc(C(=N)N)cc2)c2ncc(-c3ccccc3OC)[nH]2)c1. The molecule has 8 heteroatoms. The highest BCUT2D eigenvalue weighted by Gasteiger charge is 2.25. The number of anilines is 1. The van der Waals surface area contributed by atoms with Gasteiger partial charge in [0.2, 0.25) is 0 Å². The standard InChI is InChI=1S/C27H28FN5O2/c1-4-16-13-20(24(28)23(14-16)35-3)25(32-18-11-9-17(10-12-18)26(29)30)27-31-15-21(33-27)19-7-5-6-8-22(19)34-2/h5-15,25,32H,4H2,1-3H3,(H3,29,30)(H,31,33). The molecule has 0 aliphatic rings. The summed E-state index contributed by atoms with van der Waals surface area (Å²) in [6.45, 7) is 2.01. The maximum Gasteiger partial charge on any atom is 0.170 e. The van der Waals surface area contributed by atoms with Crippen LogP contribution >= 0.6 is 0 Å². The quantitative estimate of drug-likeness (QED) is 0.195. The molecule has 7 nitrogen and oxygen atoms in total. The molecule has 180 valence electrons. The van der Waals surface area contributed by atoms with Crippen LogP contribution in [0.1, 0.15) is 35.5 Å². The number of nitrogens with two attached hydrogens (primary N) is 1. The maximum absolute atomic E-state index is 15.6. The molecule has 0 amide bonds. The van der Waals surface area contributed by atoms with E-state index in [1.165, 1.54) is 7.11 Å². The Morgan fingerprint density at radius 3 is 2.46 bits per heavy atom. The van der Waals surface area contributed by atoms with Crippen molar-refractivity contribution < 1.29 is 13.9 Å². The van der Waals surface area contributed by atoms with E-state index in [4.69, 9.17) is 20.6 Å². The van der Waals surface area contributed by atoms with E-state index in [-0.39, 0.29) is 11.6 Å². The molecule has 0 saturated carbocycles. The van der Waals surface area contributed by atoms with Crippen molar-refractivity contribution >= 4 is 11.5 Å². The van der Waals surface area contributed by atoms with Gasteiger partial charge in [-0.05, 0) is 54.4 Å². The summed E-state index contributed by atoms with van der Waals surface area (Å²) in [5.74, 6) is 0.919. The van der Waals surface area contributed by atoms with Crippen LogP contribution in [0.2, 0.25) is 0 Å². The lowest BCUT2D eigenvalue weighted by molar-refractivity contribution is 0.383. The lowest BCUT2D eigenvalue weighted by Gasteiger charge is -2.21. The molecule has 1 unspecified atom stereocenters. The molecule has 35 heavy (non-hydrogen) atoms. The van der Waals surface area contributed by atoms with Crippen LogP contribution in [0.15, 0.2) is 66.9 Å². The van der Waals surface area contributed by atoms with Crippen molar-refractivity contribution in [2.75, 3.05) is 19.5 Å². The van der Waals surface area contributed by atoms with Crippen molar-refractivity contribution in [1.29, 1.82) is 5.41 Å². The molecule has 5 N–H and O–H groups in total. The first-order valence-corrected chi connectivity index (χ1v) is 11.2. The third-order valence-electron chi connectivity index (χ3n) is 5.84. The summed E-state index contributed by atoms with van der Waals surface area (Å²) in [5.41, 5.74) is 9.84.